The molecule has 0 spiro atoms. The first-order chi connectivity index (χ1) is 11.5. The number of nitrogens with two attached hydrogens (primary N) is 2. The Balaban J connectivity index is 0. The van der Waals surface area contributed by atoms with E-state index in [0.717, 1.165) is 0 Å². The lowest BCUT2D eigenvalue weighted by Gasteiger charge is -2.21. The Labute approximate surface area is 143 Å². The van der Waals surface area contributed by atoms with Crippen molar-refractivity contribution >= 4 is 17.9 Å². The van der Waals surface area contributed by atoms with Crippen LogP contribution in [0.2, 0.25) is 0 Å². The van der Waals surface area contributed by atoms with Crippen LogP contribution in [0.3, 0.4) is 0 Å². The minimum Gasteiger partial charge on any atom is -0.466 e. The van der Waals surface area contributed by atoms with Gasteiger partial charge in [0.25, 0.3) is 0 Å². The first-order valence-electron chi connectivity index (χ1n) is 8.05. The Morgan fingerprint density at radius 2 is 0.917 bits per heavy atom. The minimum atomic E-state index is -0.292. The molecule has 0 aliphatic rings. The van der Waals surface area contributed by atoms with E-state index < -0.39 is 0 Å². The third-order valence-corrected chi connectivity index (χ3v) is 2.81. The van der Waals surface area contributed by atoms with Gasteiger partial charge in [0.05, 0.1) is 39.1 Å². The molecule has 0 aromatic rings. The van der Waals surface area contributed by atoms with E-state index in [1.54, 1.807) is 20.8 Å². The van der Waals surface area contributed by atoms with Gasteiger partial charge in [0.1, 0.15) is 0 Å². The molecule has 0 radical (unpaired) electrons. The van der Waals surface area contributed by atoms with Crippen molar-refractivity contribution in [3.8, 4) is 0 Å². The number of esters is 3. The normalized spacial score (nSPS) is 9.75. The van der Waals surface area contributed by atoms with Crippen molar-refractivity contribution < 1.29 is 28.6 Å². The largest absolute Gasteiger partial charge is 0.466 e. The van der Waals surface area contributed by atoms with Crippen LogP contribution in [0.5, 0.6) is 0 Å². The molecule has 9 heteroatoms. The molecule has 4 N–H and O–H groups in total. The molecule has 0 aliphatic heterocycles. The molecule has 0 aromatic carbocycles. The molecule has 24 heavy (non-hydrogen) atoms. The third kappa shape index (κ3) is 15.2. The average molecular weight is 349 g/mol. The van der Waals surface area contributed by atoms with Gasteiger partial charge in [0.15, 0.2) is 0 Å². The number of nitrogens with zero attached hydrogens (tertiary/aromatic N) is 1. The molecule has 0 saturated heterocycles. The molecule has 0 fully saturated rings. The molecule has 0 aromatic heterocycles. The number of carbonyl (C=O) groups excluding carboxylic acids is 3. The maximum atomic E-state index is 11.4. The number of rotatable bonds is 12. The van der Waals surface area contributed by atoms with Crippen LogP contribution in [0, 0.1) is 0 Å². The van der Waals surface area contributed by atoms with E-state index in [-0.39, 0.29) is 37.2 Å². The Morgan fingerprint density at radius 1 is 0.667 bits per heavy atom. The third-order valence-electron chi connectivity index (χ3n) is 2.81. The smallest absolute Gasteiger partial charge is 0.307 e. The highest BCUT2D eigenvalue weighted by atomic mass is 16.5. The van der Waals surface area contributed by atoms with Crippen molar-refractivity contribution in [2.45, 2.75) is 40.0 Å². The van der Waals surface area contributed by atoms with Gasteiger partial charge in [0, 0.05) is 19.6 Å². The van der Waals surface area contributed by atoms with Crippen molar-refractivity contribution in [1.29, 1.82) is 0 Å². The molecule has 0 amide bonds. The summed E-state index contributed by atoms with van der Waals surface area (Å²) in [7, 11) is 0. The Hall–Kier alpha value is -1.71. The zero-order valence-electron chi connectivity index (χ0n) is 14.9. The van der Waals surface area contributed by atoms with Crippen LogP contribution in [0.4, 0.5) is 0 Å². The summed E-state index contributed by atoms with van der Waals surface area (Å²) < 4.78 is 14.6. The molecule has 0 atom stereocenters. The average Bonchev–Trinajstić information content (AvgIpc) is 2.56. The summed E-state index contributed by atoms with van der Waals surface area (Å²) in [6.07, 6.45) is 0.665. The van der Waals surface area contributed by atoms with Gasteiger partial charge in [-0.2, -0.15) is 0 Å². The number of hydrogen-bond acceptors (Lipinski definition) is 9. The molecular weight excluding hydrogens is 318 g/mol. The molecule has 0 heterocycles. The van der Waals surface area contributed by atoms with Gasteiger partial charge in [-0.3, -0.25) is 26.1 Å². The second-order valence-electron chi connectivity index (χ2n) is 4.51. The fraction of sp³-hybridized carbons (Fsp3) is 0.800. The maximum Gasteiger partial charge on any atom is 0.307 e. The number of ether oxygens (including phenoxy) is 3. The van der Waals surface area contributed by atoms with Crippen molar-refractivity contribution in [1.82, 2.24) is 4.90 Å². The first-order valence-corrected chi connectivity index (χ1v) is 8.05. The SMILES string of the molecule is CCOC(=O)CCN(CCC(=O)OCC)CCC(=O)OCC.NN. The quantitative estimate of drug-likeness (QED) is 0.215. The van der Waals surface area contributed by atoms with Crippen LogP contribution >= 0.6 is 0 Å². The van der Waals surface area contributed by atoms with Gasteiger partial charge in [-0.05, 0) is 20.8 Å². The van der Waals surface area contributed by atoms with E-state index in [4.69, 9.17) is 14.2 Å². The molecular formula is C15H31N3O6. The monoisotopic (exact) mass is 349 g/mol. The van der Waals surface area contributed by atoms with Crippen LogP contribution in [0.15, 0.2) is 0 Å². The topological polar surface area (TPSA) is 134 Å². The summed E-state index contributed by atoms with van der Waals surface area (Å²) >= 11 is 0. The second kappa shape index (κ2) is 17.6. The minimum absolute atomic E-state index is 0.222. The van der Waals surface area contributed by atoms with E-state index in [1.807, 2.05) is 4.90 Å². The molecule has 9 nitrogen and oxygen atoms in total. The van der Waals surface area contributed by atoms with Crippen LogP contribution in [-0.4, -0.2) is 62.3 Å². The van der Waals surface area contributed by atoms with Gasteiger partial charge in [-0.1, -0.05) is 0 Å². The molecule has 0 unspecified atom stereocenters. The van der Waals surface area contributed by atoms with Crippen molar-refractivity contribution in [2.75, 3.05) is 39.5 Å². The van der Waals surface area contributed by atoms with E-state index in [2.05, 4.69) is 11.7 Å². The van der Waals surface area contributed by atoms with Gasteiger partial charge in [0.2, 0.25) is 0 Å². The van der Waals surface area contributed by atoms with Crippen LogP contribution in [0.25, 0.3) is 0 Å². The highest BCUT2D eigenvalue weighted by molar-refractivity contribution is 5.70. The van der Waals surface area contributed by atoms with Gasteiger partial charge < -0.3 is 19.1 Å². The predicted molar refractivity (Wildman–Crippen MR) is 88.6 cm³/mol. The lowest BCUT2D eigenvalue weighted by Crippen LogP contribution is -2.32. The van der Waals surface area contributed by atoms with Crippen molar-refractivity contribution in [2.24, 2.45) is 11.7 Å². The molecule has 0 rings (SSSR count). The number of hydrogen-bond donors (Lipinski definition) is 2. The van der Waals surface area contributed by atoms with E-state index in [1.165, 1.54) is 0 Å². The second-order valence-corrected chi connectivity index (χ2v) is 4.51. The summed E-state index contributed by atoms with van der Waals surface area (Å²) in [6, 6.07) is 0. The van der Waals surface area contributed by atoms with Crippen LogP contribution in [-0.2, 0) is 28.6 Å². The van der Waals surface area contributed by atoms with Gasteiger partial charge in [-0.15, -0.1) is 0 Å². The summed E-state index contributed by atoms with van der Waals surface area (Å²) in [5.74, 6) is 7.12. The predicted octanol–water partition coefficient (Wildman–Crippen LogP) is -0.0332. The summed E-state index contributed by atoms with van der Waals surface area (Å²) in [6.45, 7) is 7.54. The van der Waals surface area contributed by atoms with Gasteiger partial charge in [-0.25, -0.2) is 0 Å². The first kappa shape index (κ1) is 24.5. The lowest BCUT2D eigenvalue weighted by atomic mass is 10.3. The highest BCUT2D eigenvalue weighted by Gasteiger charge is 2.13. The van der Waals surface area contributed by atoms with Gasteiger partial charge >= 0.3 is 17.9 Å². The molecule has 0 aliphatic carbocycles. The fourth-order valence-corrected chi connectivity index (χ4v) is 1.78. The van der Waals surface area contributed by atoms with Crippen molar-refractivity contribution in [3.63, 3.8) is 0 Å². The zero-order chi connectivity index (χ0) is 18.8. The summed E-state index contributed by atoms with van der Waals surface area (Å²) in [5, 5.41) is 0. The number of hydrazine groups is 1. The highest BCUT2D eigenvalue weighted by Crippen LogP contribution is 2.01. The Kier molecular flexibility index (Phi) is 18.0. The number of carbonyl (C=O) groups is 3. The fourth-order valence-electron chi connectivity index (χ4n) is 1.78. The van der Waals surface area contributed by atoms with Crippen LogP contribution < -0.4 is 11.7 Å². The van der Waals surface area contributed by atoms with E-state index in [0.29, 0.717) is 39.5 Å². The Morgan fingerprint density at radius 3 is 1.12 bits per heavy atom. The van der Waals surface area contributed by atoms with E-state index >= 15 is 0 Å². The molecule has 0 bridgehead atoms. The van der Waals surface area contributed by atoms with Crippen LogP contribution in [0.1, 0.15) is 40.0 Å². The molecule has 0 saturated carbocycles. The lowest BCUT2D eigenvalue weighted by molar-refractivity contribution is -0.143. The van der Waals surface area contributed by atoms with Crippen molar-refractivity contribution in [3.05, 3.63) is 0 Å². The summed E-state index contributed by atoms with van der Waals surface area (Å²) in [5.41, 5.74) is 0. The Bertz CT molecular complexity index is 300. The molecule has 142 valence electrons. The maximum absolute atomic E-state index is 11.4. The van der Waals surface area contributed by atoms with E-state index in [9.17, 15) is 14.4 Å². The summed E-state index contributed by atoms with van der Waals surface area (Å²) in [4.78, 5) is 36.1. The standard InChI is InChI=1S/C15H27NO6.H4N2/c1-4-20-13(17)7-10-16(11-8-14(18)21-5-2)12-9-15(19)22-6-3;1-2/h4-12H2,1-3H3;1-2H2. The zero-order valence-corrected chi connectivity index (χ0v) is 14.9.